The predicted molar refractivity (Wildman–Crippen MR) is 59.9 cm³/mol. The van der Waals surface area contributed by atoms with Gasteiger partial charge in [-0.3, -0.25) is 9.69 Å². The van der Waals surface area contributed by atoms with Crippen LogP contribution in [0.3, 0.4) is 0 Å². The van der Waals surface area contributed by atoms with E-state index >= 15 is 0 Å². The van der Waals surface area contributed by atoms with Crippen LogP contribution < -0.4 is 5.32 Å². The summed E-state index contributed by atoms with van der Waals surface area (Å²) in [6, 6.07) is 0. The van der Waals surface area contributed by atoms with E-state index in [0.717, 1.165) is 4.90 Å². The van der Waals surface area contributed by atoms with Crippen LogP contribution in [0, 0.1) is 5.41 Å². The fraction of sp³-hybridized carbons (Fsp3) is 0.636. The van der Waals surface area contributed by atoms with Crippen molar-refractivity contribution >= 4 is 11.9 Å². The maximum absolute atomic E-state index is 12.2. The third-order valence-electron chi connectivity index (χ3n) is 3.02. The molecule has 5 heteroatoms. The molecule has 0 unspecified atom stereocenters. The Bertz CT molecular complexity index is 358. The molecule has 1 aliphatic heterocycles. The molecule has 0 aromatic carbocycles. The molecular weight excluding hydrogens is 208 g/mol. The van der Waals surface area contributed by atoms with Crippen molar-refractivity contribution in [2.75, 3.05) is 13.6 Å². The van der Waals surface area contributed by atoms with Gasteiger partial charge in [-0.2, -0.15) is 0 Å². The van der Waals surface area contributed by atoms with Crippen LogP contribution in [0.5, 0.6) is 0 Å². The van der Waals surface area contributed by atoms with E-state index in [0.29, 0.717) is 18.7 Å². The zero-order valence-electron chi connectivity index (χ0n) is 10.1. The lowest BCUT2D eigenvalue weighted by atomic mass is 9.79. The molecule has 0 aliphatic carbocycles. The molecule has 0 radical (unpaired) electrons. The molecular formula is C11H18N2O3. The van der Waals surface area contributed by atoms with Gasteiger partial charge >= 0.3 is 6.09 Å². The molecule has 1 rings (SSSR count). The number of rotatable bonds is 1. The van der Waals surface area contributed by atoms with Gasteiger partial charge in [0.2, 0.25) is 0 Å². The molecule has 1 amide bonds. The number of amides is 1. The summed E-state index contributed by atoms with van der Waals surface area (Å²) in [6.45, 7) is 5.77. The summed E-state index contributed by atoms with van der Waals surface area (Å²) in [5, 5.41) is 11.9. The number of ketones is 1. The molecule has 1 heterocycles. The van der Waals surface area contributed by atoms with Crippen molar-refractivity contribution in [3.8, 4) is 0 Å². The largest absolute Gasteiger partial charge is 0.465 e. The maximum Gasteiger partial charge on any atom is 0.411 e. The number of allylic oxidation sites excluding steroid dienone is 2. The molecule has 0 spiro atoms. The second-order valence-electron chi connectivity index (χ2n) is 4.62. The highest BCUT2D eigenvalue weighted by molar-refractivity contribution is 6.02. The molecule has 0 bridgehead atoms. The lowest BCUT2D eigenvalue weighted by molar-refractivity contribution is -0.127. The minimum Gasteiger partial charge on any atom is -0.465 e. The highest BCUT2D eigenvalue weighted by atomic mass is 16.4. The Morgan fingerprint density at radius 1 is 1.50 bits per heavy atom. The minimum absolute atomic E-state index is 0.118. The Morgan fingerprint density at radius 2 is 2.06 bits per heavy atom. The average molecular weight is 226 g/mol. The smallest absolute Gasteiger partial charge is 0.411 e. The number of nitrogens with zero attached hydrogens (tertiary/aromatic N) is 1. The summed E-state index contributed by atoms with van der Waals surface area (Å²) >= 11 is 0. The van der Waals surface area contributed by atoms with Crippen LogP contribution in [-0.2, 0) is 4.79 Å². The second-order valence-corrected chi connectivity index (χ2v) is 4.62. The first-order valence-electron chi connectivity index (χ1n) is 5.25. The monoisotopic (exact) mass is 226 g/mol. The molecule has 1 saturated heterocycles. The van der Waals surface area contributed by atoms with Gasteiger partial charge in [0.05, 0.1) is 0 Å². The minimum atomic E-state index is -1.08. The lowest BCUT2D eigenvalue weighted by Crippen LogP contribution is -2.46. The van der Waals surface area contributed by atoms with Gasteiger partial charge in [-0.05, 0) is 13.3 Å². The first kappa shape index (κ1) is 12.5. The lowest BCUT2D eigenvalue weighted by Gasteiger charge is -2.36. The van der Waals surface area contributed by atoms with E-state index in [2.05, 4.69) is 5.32 Å². The molecule has 2 N–H and O–H groups in total. The Balaban J connectivity index is 3.21. The van der Waals surface area contributed by atoms with Crippen LogP contribution in [0.4, 0.5) is 4.79 Å². The van der Waals surface area contributed by atoms with E-state index < -0.39 is 11.5 Å². The topological polar surface area (TPSA) is 69.6 Å². The van der Waals surface area contributed by atoms with Crippen molar-refractivity contribution in [2.24, 2.45) is 5.41 Å². The van der Waals surface area contributed by atoms with Crippen LogP contribution >= 0.6 is 0 Å². The fourth-order valence-electron chi connectivity index (χ4n) is 1.74. The Hall–Kier alpha value is -1.52. The molecule has 90 valence electrons. The molecule has 1 aliphatic rings. The van der Waals surface area contributed by atoms with Gasteiger partial charge in [0.1, 0.15) is 5.70 Å². The summed E-state index contributed by atoms with van der Waals surface area (Å²) < 4.78 is 0. The van der Waals surface area contributed by atoms with Crippen LogP contribution in [0.15, 0.2) is 11.4 Å². The maximum atomic E-state index is 12.2. The molecule has 0 saturated carbocycles. The number of piperidine rings is 1. The van der Waals surface area contributed by atoms with E-state index in [4.69, 9.17) is 5.11 Å². The Kier molecular flexibility index (Phi) is 3.26. The summed E-state index contributed by atoms with van der Waals surface area (Å²) in [6.07, 6.45) is -0.521. The van der Waals surface area contributed by atoms with E-state index in [1.807, 2.05) is 13.8 Å². The van der Waals surface area contributed by atoms with Crippen LogP contribution in [-0.4, -0.2) is 35.5 Å². The number of carboxylic acid groups (broad SMARTS) is 1. The number of nitrogens with one attached hydrogen (secondary N) is 1. The van der Waals surface area contributed by atoms with Crippen molar-refractivity contribution in [3.63, 3.8) is 0 Å². The van der Waals surface area contributed by atoms with Gasteiger partial charge in [0.25, 0.3) is 0 Å². The first-order valence-corrected chi connectivity index (χ1v) is 5.25. The molecule has 0 aromatic rings. The number of likely N-dealkylation sites (tertiary alicyclic amines) is 1. The molecule has 16 heavy (non-hydrogen) atoms. The summed E-state index contributed by atoms with van der Waals surface area (Å²) in [5.74, 6) is -0.118. The summed E-state index contributed by atoms with van der Waals surface area (Å²) in [5.41, 5.74) is 0.380. The van der Waals surface area contributed by atoms with Crippen LogP contribution in [0.25, 0.3) is 0 Å². The first-order chi connectivity index (χ1) is 7.31. The second kappa shape index (κ2) is 4.15. The summed E-state index contributed by atoms with van der Waals surface area (Å²) in [7, 11) is 1.68. The van der Waals surface area contributed by atoms with Gasteiger partial charge in [0.15, 0.2) is 5.78 Å². The Labute approximate surface area is 95.1 Å². The third-order valence-corrected chi connectivity index (χ3v) is 3.02. The zero-order valence-corrected chi connectivity index (χ0v) is 10.1. The number of Topliss-reactive ketones (excluding diaryl/α,β-unsaturated/α-hetero) is 1. The van der Waals surface area contributed by atoms with Gasteiger partial charge in [-0.1, -0.05) is 13.8 Å². The molecule has 0 aromatic heterocycles. The van der Waals surface area contributed by atoms with Gasteiger partial charge in [-0.15, -0.1) is 0 Å². The van der Waals surface area contributed by atoms with Crippen LogP contribution in [0.1, 0.15) is 27.2 Å². The predicted octanol–water partition coefficient (Wildman–Crippen LogP) is 1.42. The number of carbonyl (C=O) groups is 2. The Morgan fingerprint density at radius 3 is 2.50 bits per heavy atom. The van der Waals surface area contributed by atoms with Crippen LogP contribution in [0.2, 0.25) is 0 Å². The highest BCUT2D eigenvalue weighted by Crippen LogP contribution is 2.33. The van der Waals surface area contributed by atoms with Gasteiger partial charge in [-0.25, -0.2) is 4.79 Å². The quantitative estimate of drug-likeness (QED) is 0.663. The molecule has 0 atom stereocenters. The molecule has 1 fully saturated rings. The van der Waals surface area contributed by atoms with Crippen molar-refractivity contribution < 1.29 is 14.7 Å². The normalized spacial score (nSPS) is 23.0. The zero-order chi connectivity index (χ0) is 12.5. The van der Waals surface area contributed by atoms with Crippen molar-refractivity contribution in [2.45, 2.75) is 27.2 Å². The highest BCUT2D eigenvalue weighted by Gasteiger charge is 2.40. The van der Waals surface area contributed by atoms with E-state index in [1.165, 1.54) is 0 Å². The van der Waals surface area contributed by atoms with E-state index in [1.54, 1.807) is 14.0 Å². The third kappa shape index (κ3) is 2.03. The molecule has 5 nitrogen and oxygen atoms in total. The van der Waals surface area contributed by atoms with Crippen molar-refractivity contribution in [1.82, 2.24) is 10.2 Å². The van der Waals surface area contributed by atoms with E-state index in [9.17, 15) is 9.59 Å². The number of hydrogen-bond donors (Lipinski definition) is 2. The van der Waals surface area contributed by atoms with Gasteiger partial charge < -0.3 is 10.4 Å². The number of hydrogen-bond acceptors (Lipinski definition) is 3. The standard InChI is InChI=1S/C11H18N2O3/c1-7(12-4)8-9(14)11(2,3)5-6-13(8)10(15)16/h12H,5-6H2,1-4H3,(H,15,16)/b8-7+. The summed E-state index contributed by atoms with van der Waals surface area (Å²) in [4.78, 5) is 24.3. The fourth-order valence-corrected chi connectivity index (χ4v) is 1.74. The number of carbonyl (C=O) groups excluding carboxylic acids is 1. The average Bonchev–Trinajstić information content (AvgIpc) is 2.20. The van der Waals surface area contributed by atoms with Crippen molar-refractivity contribution in [1.29, 1.82) is 0 Å². The van der Waals surface area contributed by atoms with Crippen molar-refractivity contribution in [3.05, 3.63) is 11.4 Å². The van der Waals surface area contributed by atoms with Gasteiger partial charge in [0, 0.05) is 24.7 Å². The van der Waals surface area contributed by atoms with E-state index in [-0.39, 0.29) is 11.5 Å². The SMILES string of the molecule is CN/C(C)=C1\C(=O)C(C)(C)CCN1C(=O)O.